The summed E-state index contributed by atoms with van der Waals surface area (Å²) in [5, 5.41) is 4.95. The molecule has 0 spiro atoms. The van der Waals surface area contributed by atoms with Gasteiger partial charge >= 0.3 is 0 Å². The lowest BCUT2D eigenvalue weighted by molar-refractivity contribution is 0.0683. The van der Waals surface area contributed by atoms with Crippen molar-refractivity contribution in [3.63, 3.8) is 0 Å². The first-order valence-electron chi connectivity index (χ1n) is 6.23. The van der Waals surface area contributed by atoms with Gasteiger partial charge in [0.1, 0.15) is 6.10 Å². The molecule has 0 aliphatic heterocycles. The van der Waals surface area contributed by atoms with Gasteiger partial charge in [-0.15, -0.1) is 0 Å². The van der Waals surface area contributed by atoms with Crippen molar-refractivity contribution in [1.82, 2.24) is 15.1 Å². The molecule has 0 bridgehead atoms. The zero-order chi connectivity index (χ0) is 13.7. The molecule has 0 amide bonds. The molecule has 0 fully saturated rings. The summed E-state index contributed by atoms with van der Waals surface area (Å²) < 4.78 is 10.7. The molecule has 2 rings (SSSR count). The molecule has 0 saturated carbocycles. The predicted octanol–water partition coefficient (Wildman–Crippen LogP) is 3.42. The summed E-state index contributed by atoms with van der Waals surface area (Å²) in [4.78, 5) is 8.64. The average Bonchev–Trinajstić information content (AvgIpc) is 2.90. The molecule has 2 aromatic heterocycles. The number of nitrogens with zero attached hydrogens (tertiary/aromatic N) is 3. The Morgan fingerprint density at radius 2 is 2.21 bits per heavy atom. The smallest absolute Gasteiger partial charge is 0.240 e. The second-order valence-electron chi connectivity index (χ2n) is 4.02. The van der Waals surface area contributed by atoms with E-state index < -0.39 is 0 Å². The molecular formula is C13H17N3O2S. The van der Waals surface area contributed by atoms with Gasteiger partial charge in [-0.25, -0.2) is 4.98 Å². The molecule has 0 unspecified atom stereocenters. The first kappa shape index (κ1) is 14.0. The molecule has 0 aromatic carbocycles. The van der Waals surface area contributed by atoms with Crippen LogP contribution in [0.15, 0.2) is 33.9 Å². The molecule has 2 aromatic rings. The van der Waals surface area contributed by atoms with Crippen molar-refractivity contribution in [3.8, 4) is 0 Å². The average molecular weight is 279 g/mol. The molecule has 2 atom stereocenters. The van der Waals surface area contributed by atoms with E-state index in [0.717, 1.165) is 5.03 Å². The fraction of sp³-hybridized carbons (Fsp3) is 0.462. The van der Waals surface area contributed by atoms with E-state index in [4.69, 9.17) is 9.26 Å². The van der Waals surface area contributed by atoms with Gasteiger partial charge < -0.3 is 9.26 Å². The predicted molar refractivity (Wildman–Crippen MR) is 72.8 cm³/mol. The highest BCUT2D eigenvalue weighted by Crippen LogP contribution is 2.32. The van der Waals surface area contributed by atoms with E-state index in [1.54, 1.807) is 18.0 Å². The number of pyridine rings is 1. The second kappa shape index (κ2) is 6.68. The van der Waals surface area contributed by atoms with Crippen molar-refractivity contribution in [1.29, 1.82) is 0 Å². The van der Waals surface area contributed by atoms with E-state index in [1.165, 1.54) is 0 Å². The second-order valence-corrected chi connectivity index (χ2v) is 5.38. The van der Waals surface area contributed by atoms with Crippen LogP contribution in [0.25, 0.3) is 0 Å². The Kier molecular flexibility index (Phi) is 4.93. The highest BCUT2D eigenvalue weighted by atomic mass is 32.2. The lowest BCUT2D eigenvalue weighted by Crippen LogP contribution is -2.01. The molecule has 0 aliphatic carbocycles. The molecule has 0 aliphatic rings. The van der Waals surface area contributed by atoms with Crippen LogP contribution in [0, 0.1) is 0 Å². The Morgan fingerprint density at radius 3 is 2.89 bits per heavy atom. The first-order valence-corrected chi connectivity index (χ1v) is 7.11. The van der Waals surface area contributed by atoms with Gasteiger partial charge in [0.15, 0.2) is 5.82 Å². The Morgan fingerprint density at radius 1 is 1.37 bits per heavy atom. The van der Waals surface area contributed by atoms with Crippen molar-refractivity contribution in [2.45, 2.75) is 37.2 Å². The number of thioether (sulfide) groups is 1. The van der Waals surface area contributed by atoms with E-state index in [1.807, 2.05) is 39.0 Å². The van der Waals surface area contributed by atoms with E-state index >= 15 is 0 Å². The van der Waals surface area contributed by atoms with Crippen molar-refractivity contribution in [3.05, 3.63) is 36.1 Å². The number of hydrogen-bond donors (Lipinski definition) is 0. The summed E-state index contributed by atoms with van der Waals surface area (Å²) >= 11 is 1.59. The van der Waals surface area contributed by atoms with Crippen LogP contribution in [0.3, 0.4) is 0 Å². The molecule has 0 N–H and O–H groups in total. The number of aromatic nitrogens is 3. The highest BCUT2D eigenvalue weighted by Gasteiger charge is 2.19. The maximum Gasteiger partial charge on any atom is 0.240 e. The monoisotopic (exact) mass is 279 g/mol. The zero-order valence-corrected chi connectivity index (χ0v) is 12.1. The molecule has 0 saturated heterocycles. The minimum absolute atomic E-state index is 0.0602. The van der Waals surface area contributed by atoms with Gasteiger partial charge in [-0.3, -0.25) is 0 Å². The molecule has 6 heteroatoms. The Hall–Kier alpha value is -1.40. The zero-order valence-electron chi connectivity index (χ0n) is 11.2. The molecule has 5 nitrogen and oxygen atoms in total. The minimum Gasteiger partial charge on any atom is -0.371 e. The third-order valence-electron chi connectivity index (χ3n) is 2.52. The third-order valence-corrected chi connectivity index (χ3v) is 3.56. The van der Waals surface area contributed by atoms with E-state index in [2.05, 4.69) is 15.1 Å². The topological polar surface area (TPSA) is 61.0 Å². The number of rotatable bonds is 6. The Balaban J connectivity index is 2.02. The summed E-state index contributed by atoms with van der Waals surface area (Å²) in [5.41, 5.74) is 0. The van der Waals surface area contributed by atoms with Gasteiger partial charge in [-0.1, -0.05) is 23.0 Å². The first-order chi connectivity index (χ1) is 9.20. The number of ether oxygens (including phenoxy) is 1. The van der Waals surface area contributed by atoms with Gasteiger partial charge in [0.05, 0.1) is 10.3 Å². The summed E-state index contributed by atoms with van der Waals surface area (Å²) in [6.07, 6.45) is 1.63. The standard InChI is InChI=1S/C13H17N3O2S/c1-4-17-9(2)12-15-13(18-16-12)10(3)19-11-7-5-6-8-14-11/h5-10H,4H2,1-3H3/t9-,10+/m0/s1. The van der Waals surface area contributed by atoms with Crippen LogP contribution in [0.1, 0.15) is 43.8 Å². The largest absolute Gasteiger partial charge is 0.371 e. The van der Waals surface area contributed by atoms with Crippen LogP contribution >= 0.6 is 11.8 Å². The van der Waals surface area contributed by atoms with Crippen molar-refractivity contribution in [2.24, 2.45) is 0 Å². The third kappa shape index (κ3) is 3.78. The van der Waals surface area contributed by atoms with Crippen LogP contribution in [0.2, 0.25) is 0 Å². The summed E-state index contributed by atoms with van der Waals surface area (Å²) in [6, 6.07) is 5.81. The summed E-state index contributed by atoms with van der Waals surface area (Å²) in [5.74, 6) is 1.18. The lowest BCUT2D eigenvalue weighted by Gasteiger charge is -2.06. The SMILES string of the molecule is CCO[C@@H](C)c1noc([C@@H](C)Sc2ccccn2)n1. The molecule has 0 radical (unpaired) electrons. The summed E-state index contributed by atoms with van der Waals surface area (Å²) in [7, 11) is 0. The van der Waals surface area contributed by atoms with Gasteiger partial charge in [-0.2, -0.15) is 4.98 Å². The molecule has 2 heterocycles. The fourth-order valence-electron chi connectivity index (χ4n) is 1.55. The summed E-state index contributed by atoms with van der Waals surface area (Å²) in [6.45, 7) is 6.50. The van der Waals surface area contributed by atoms with Gasteiger partial charge in [0.25, 0.3) is 0 Å². The highest BCUT2D eigenvalue weighted by molar-refractivity contribution is 7.99. The van der Waals surface area contributed by atoms with Crippen LogP contribution in [0.4, 0.5) is 0 Å². The molecule has 19 heavy (non-hydrogen) atoms. The van der Waals surface area contributed by atoms with Crippen molar-refractivity contribution in [2.75, 3.05) is 6.61 Å². The maximum atomic E-state index is 5.44. The van der Waals surface area contributed by atoms with Gasteiger partial charge in [-0.05, 0) is 32.9 Å². The van der Waals surface area contributed by atoms with Crippen LogP contribution in [-0.4, -0.2) is 21.7 Å². The normalized spacial score (nSPS) is 14.3. The molecular weight excluding hydrogens is 262 g/mol. The van der Waals surface area contributed by atoms with E-state index in [9.17, 15) is 0 Å². The lowest BCUT2D eigenvalue weighted by atomic mass is 10.4. The van der Waals surface area contributed by atoms with Crippen molar-refractivity contribution >= 4 is 11.8 Å². The number of hydrogen-bond acceptors (Lipinski definition) is 6. The van der Waals surface area contributed by atoms with E-state index in [-0.39, 0.29) is 11.4 Å². The maximum absolute atomic E-state index is 5.44. The van der Waals surface area contributed by atoms with Crippen molar-refractivity contribution < 1.29 is 9.26 Å². The van der Waals surface area contributed by atoms with Crippen LogP contribution in [-0.2, 0) is 4.74 Å². The van der Waals surface area contributed by atoms with Crippen LogP contribution in [0.5, 0.6) is 0 Å². The fourth-order valence-corrected chi connectivity index (χ4v) is 2.39. The van der Waals surface area contributed by atoms with Gasteiger partial charge in [0.2, 0.25) is 5.89 Å². The van der Waals surface area contributed by atoms with E-state index in [0.29, 0.717) is 18.3 Å². The quantitative estimate of drug-likeness (QED) is 0.755. The Labute approximate surface area is 116 Å². The Bertz CT molecular complexity index is 504. The minimum atomic E-state index is -0.144. The molecule has 102 valence electrons. The van der Waals surface area contributed by atoms with Gasteiger partial charge in [0, 0.05) is 12.8 Å². The van der Waals surface area contributed by atoms with Crippen LogP contribution < -0.4 is 0 Å².